The molecule has 0 heterocycles. The summed E-state index contributed by atoms with van der Waals surface area (Å²) in [6.45, 7) is 1.85. The van der Waals surface area contributed by atoms with Crippen molar-refractivity contribution in [3.63, 3.8) is 0 Å². The van der Waals surface area contributed by atoms with Gasteiger partial charge in [-0.1, -0.05) is 6.92 Å². The molecule has 0 aliphatic rings. The van der Waals surface area contributed by atoms with Crippen LogP contribution in [0, 0.1) is 11.3 Å². The Morgan fingerprint density at radius 2 is 2.13 bits per heavy atom. The zero-order valence-corrected chi connectivity index (χ0v) is 8.53. The quantitative estimate of drug-likeness (QED) is 0.775. The Morgan fingerprint density at radius 3 is 2.60 bits per heavy atom. The minimum Gasteiger partial charge on any atom is -0.325 e. The third-order valence-corrected chi connectivity index (χ3v) is 2.06. The molecule has 78 valence electrons. The first-order valence-electron chi connectivity index (χ1n) is 4.74. The first-order chi connectivity index (χ1) is 7.17. The minimum absolute atomic E-state index is 0.206. The number of nitrogens with two attached hydrogens (primary N) is 1. The van der Waals surface area contributed by atoms with Gasteiger partial charge >= 0.3 is 0 Å². The maximum Gasteiger partial charge on any atom is 0.241 e. The van der Waals surface area contributed by atoms with Crippen LogP contribution in [0.25, 0.3) is 0 Å². The number of hydrogen-bond acceptors (Lipinski definition) is 3. The van der Waals surface area contributed by atoms with Gasteiger partial charge in [-0.2, -0.15) is 5.26 Å². The van der Waals surface area contributed by atoms with Crippen molar-refractivity contribution in [3.8, 4) is 6.07 Å². The number of nitrogens with one attached hydrogen (secondary N) is 1. The van der Waals surface area contributed by atoms with E-state index in [1.807, 2.05) is 13.0 Å². The van der Waals surface area contributed by atoms with Gasteiger partial charge in [0.1, 0.15) is 0 Å². The lowest BCUT2D eigenvalue weighted by Crippen LogP contribution is -2.34. The standard InChI is InChI=1S/C11H13N3O/c1-2-10(13)11(15)14-9-5-3-8(7-12)4-6-9/h3-6,10H,2,13H2,1H3,(H,14,15)/t10-/m0/s1. The largest absolute Gasteiger partial charge is 0.325 e. The van der Waals surface area contributed by atoms with Crippen LogP contribution in [-0.4, -0.2) is 11.9 Å². The summed E-state index contributed by atoms with van der Waals surface area (Å²) in [4.78, 5) is 11.4. The van der Waals surface area contributed by atoms with Crippen molar-refractivity contribution in [1.82, 2.24) is 0 Å². The third kappa shape index (κ3) is 3.08. The van der Waals surface area contributed by atoms with Gasteiger partial charge in [0.2, 0.25) is 5.91 Å². The van der Waals surface area contributed by atoms with Gasteiger partial charge in [0.05, 0.1) is 17.7 Å². The zero-order valence-electron chi connectivity index (χ0n) is 8.53. The molecule has 4 nitrogen and oxygen atoms in total. The molecular formula is C11H13N3O. The van der Waals surface area contributed by atoms with Gasteiger partial charge in [-0.25, -0.2) is 0 Å². The molecular weight excluding hydrogens is 190 g/mol. The molecule has 1 aromatic rings. The predicted octanol–water partition coefficient (Wildman–Crippen LogP) is 1.23. The van der Waals surface area contributed by atoms with Gasteiger partial charge in [-0.3, -0.25) is 4.79 Å². The van der Waals surface area contributed by atoms with E-state index >= 15 is 0 Å². The first-order valence-corrected chi connectivity index (χ1v) is 4.74. The second-order valence-corrected chi connectivity index (χ2v) is 3.19. The summed E-state index contributed by atoms with van der Waals surface area (Å²) in [6.07, 6.45) is 0.599. The molecule has 0 aliphatic carbocycles. The Labute approximate surface area is 88.7 Å². The highest BCUT2D eigenvalue weighted by atomic mass is 16.2. The number of benzene rings is 1. The zero-order chi connectivity index (χ0) is 11.3. The fraction of sp³-hybridized carbons (Fsp3) is 0.273. The summed E-state index contributed by atoms with van der Waals surface area (Å²) in [5.41, 5.74) is 6.77. The number of nitrogens with zero attached hydrogens (tertiary/aromatic N) is 1. The maximum atomic E-state index is 11.4. The van der Waals surface area contributed by atoms with E-state index in [9.17, 15) is 4.79 Å². The van der Waals surface area contributed by atoms with Crippen LogP contribution >= 0.6 is 0 Å². The van der Waals surface area contributed by atoms with E-state index < -0.39 is 6.04 Å². The topological polar surface area (TPSA) is 78.9 Å². The molecule has 0 aromatic heterocycles. The van der Waals surface area contributed by atoms with Crippen molar-refractivity contribution >= 4 is 11.6 Å². The van der Waals surface area contributed by atoms with Crippen LogP contribution in [0.1, 0.15) is 18.9 Å². The molecule has 1 aromatic carbocycles. The predicted molar refractivity (Wildman–Crippen MR) is 58.1 cm³/mol. The molecule has 1 amide bonds. The monoisotopic (exact) mass is 203 g/mol. The van der Waals surface area contributed by atoms with E-state index in [0.29, 0.717) is 17.7 Å². The van der Waals surface area contributed by atoms with Gasteiger partial charge in [0, 0.05) is 5.69 Å². The van der Waals surface area contributed by atoms with Crippen molar-refractivity contribution in [1.29, 1.82) is 5.26 Å². The molecule has 1 rings (SSSR count). The van der Waals surface area contributed by atoms with E-state index in [-0.39, 0.29) is 5.91 Å². The fourth-order valence-electron chi connectivity index (χ4n) is 1.05. The smallest absolute Gasteiger partial charge is 0.241 e. The molecule has 0 fully saturated rings. The normalized spacial score (nSPS) is 11.5. The number of nitriles is 1. The van der Waals surface area contributed by atoms with Gasteiger partial charge in [0.25, 0.3) is 0 Å². The Kier molecular flexibility index (Phi) is 3.83. The molecule has 0 saturated heterocycles. The Balaban J connectivity index is 2.66. The summed E-state index contributed by atoms with van der Waals surface area (Å²) in [5, 5.41) is 11.2. The number of hydrogen-bond donors (Lipinski definition) is 2. The summed E-state index contributed by atoms with van der Waals surface area (Å²) in [6, 6.07) is 8.17. The third-order valence-electron chi connectivity index (χ3n) is 2.06. The maximum absolute atomic E-state index is 11.4. The van der Waals surface area contributed by atoms with Crippen LogP contribution in [0.5, 0.6) is 0 Å². The minimum atomic E-state index is -0.486. The van der Waals surface area contributed by atoms with E-state index in [1.165, 1.54) is 0 Å². The molecule has 0 bridgehead atoms. The van der Waals surface area contributed by atoms with Crippen molar-refractivity contribution < 1.29 is 4.79 Å². The first kappa shape index (κ1) is 11.2. The highest BCUT2D eigenvalue weighted by Gasteiger charge is 2.10. The summed E-state index contributed by atoms with van der Waals surface area (Å²) in [5.74, 6) is -0.206. The van der Waals surface area contributed by atoms with Gasteiger partial charge in [-0.05, 0) is 30.7 Å². The van der Waals surface area contributed by atoms with Crippen LogP contribution in [0.2, 0.25) is 0 Å². The fourth-order valence-corrected chi connectivity index (χ4v) is 1.05. The lowest BCUT2D eigenvalue weighted by atomic mass is 10.2. The van der Waals surface area contributed by atoms with Crippen LogP contribution in [0.3, 0.4) is 0 Å². The van der Waals surface area contributed by atoms with Crippen molar-refractivity contribution in [2.75, 3.05) is 5.32 Å². The second-order valence-electron chi connectivity index (χ2n) is 3.19. The van der Waals surface area contributed by atoms with E-state index in [1.54, 1.807) is 24.3 Å². The Hall–Kier alpha value is -1.86. The van der Waals surface area contributed by atoms with E-state index in [2.05, 4.69) is 5.32 Å². The molecule has 1 atom stereocenters. The van der Waals surface area contributed by atoms with E-state index in [0.717, 1.165) is 0 Å². The second kappa shape index (κ2) is 5.13. The van der Waals surface area contributed by atoms with Crippen LogP contribution in [0.4, 0.5) is 5.69 Å². The highest BCUT2D eigenvalue weighted by Crippen LogP contribution is 2.09. The van der Waals surface area contributed by atoms with Crippen LogP contribution < -0.4 is 11.1 Å². The number of amides is 1. The molecule has 0 radical (unpaired) electrons. The molecule has 3 N–H and O–H groups in total. The van der Waals surface area contributed by atoms with Crippen molar-refractivity contribution in [3.05, 3.63) is 29.8 Å². The summed E-state index contributed by atoms with van der Waals surface area (Å²) < 4.78 is 0. The molecule has 0 unspecified atom stereocenters. The number of rotatable bonds is 3. The van der Waals surface area contributed by atoms with Crippen LogP contribution in [0.15, 0.2) is 24.3 Å². The SMILES string of the molecule is CC[C@H](N)C(=O)Nc1ccc(C#N)cc1. The summed E-state index contributed by atoms with van der Waals surface area (Å²) in [7, 11) is 0. The Morgan fingerprint density at radius 1 is 1.53 bits per heavy atom. The highest BCUT2D eigenvalue weighted by molar-refractivity contribution is 5.94. The molecule has 0 saturated carbocycles. The molecule has 15 heavy (non-hydrogen) atoms. The van der Waals surface area contributed by atoms with Gasteiger partial charge in [-0.15, -0.1) is 0 Å². The summed E-state index contributed by atoms with van der Waals surface area (Å²) >= 11 is 0. The number of carbonyl (C=O) groups excluding carboxylic acids is 1. The Bertz CT molecular complexity index is 378. The van der Waals surface area contributed by atoms with E-state index in [4.69, 9.17) is 11.0 Å². The van der Waals surface area contributed by atoms with Crippen molar-refractivity contribution in [2.24, 2.45) is 5.73 Å². The van der Waals surface area contributed by atoms with Crippen LogP contribution in [-0.2, 0) is 4.79 Å². The van der Waals surface area contributed by atoms with Gasteiger partial charge < -0.3 is 11.1 Å². The average Bonchev–Trinajstić information content (AvgIpc) is 2.29. The molecule has 4 heteroatoms. The average molecular weight is 203 g/mol. The molecule has 0 aliphatic heterocycles. The van der Waals surface area contributed by atoms with Gasteiger partial charge in [0.15, 0.2) is 0 Å². The lowest BCUT2D eigenvalue weighted by molar-refractivity contribution is -0.117. The van der Waals surface area contributed by atoms with Crippen molar-refractivity contribution in [2.45, 2.75) is 19.4 Å². The number of anilines is 1. The molecule has 0 spiro atoms. The number of carbonyl (C=O) groups is 1. The lowest BCUT2D eigenvalue weighted by Gasteiger charge is -2.09.